The van der Waals surface area contributed by atoms with Gasteiger partial charge in [0.1, 0.15) is 11.8 Å². The maximum absolute atomic E-state index is 5.81. The maximum atomic E-state index is 5.81. The quantitative estimate of drug-likeness (QED) is 0.609. The van der Waals surface area contributed by atoms with Gasteiger partial charge in [-0.05, 0) is 24.5 Å². The van der Waals surface area contributed by atoms with Gasteiger partial charge in [-0.1, -0.05) is 6.07 Å². The number of fused-ring (bicyclic) bond motifs is 3. The molecule has 1 aliphatic heterocycles. The first-order valence-electron chi connectivity index (χ1n) is 4.84. The van der Waals surface area contributed by atoms with Crippen LogP contribution in [-0.4, -0.2) is 16.2 Å². The third-order valence-electron chi connectivity index (χ3n) is 2.75. The minimum atomic E-state index is 0.959. The Balaban J connectivity index is 2.38. The van der Waals surface area contributed by atoms with Crippen molar-refractivity contribution in [3.05, 3.63) is 24.0 Å². The van der Waals surface area contributed by atoms with Crippen molar-refractivity contribution in [2.75, 3.05) is 17.7 Å². The second-order valence-electron chi connectivity index (χ2n) is 3.65. The summed E-state index contributed by atoms with van der Waals surface area (Å²) in [6, 6.07) is 4.17. The molecule has 1 aromatic carbocycles. The van der Waals surface area contributed by atoms with E-state index < -0.39 is 0 Å². The summed E-state index contributed by atoms with van der Waals surface area (Å²) >= 11 is 0. The molecule has 3 rings (SSSR count). The molecule has 14 heavy (non-hydrogen) atoms. The van der Waals surface area contributed by atoms with Crippen LogP contribution in [-0.2, 0) is 6.42 Å². The van der Waals surface area contributed by atoms with Crippen molar-refractivity contribution < 1.29 is 0 Å². The lowest BCUT2D eigenvalue weighted by atomic mass is 10.0. The number of aromatic nitrogens is 2. The molecular weight excluding hydrogens is 176 g/mol. The summed E-state index contributed by atoms with van der Waals surface area (Å²) in [5, 5.41) is 3.39. The van der Waals surface area contributed by atoms with E-state index in [2.05, 4.69) is 16.4 Å². The number of hydrogen-bond donors (Lipinski definition) is 2. The van der Waals surface area contributed by atoms with Crippen molar-refractivity contribution in [3.63, 3.8) is 0 Å². The highest BCUT2D eigenvalue weighted by Gasteiger charge is 2.14. The highest BCUT2D eigenvalue weighted by molar-refractivity contribution is 5.91. The Morgan fingerprint density at radius 2 is 2.36 bits per heavy atom. The molecule has 0 radical (unpaired) electrons. The van der Waals surface area contributed by atoms with E-state index in [-0.39, 0.29) is 0 Å². The van der Waals surface area contributed by atoms with Gasteiger partial charge in [-0.15, -0.1) is 0 Å². The number of anilines is 1. The standard InChI is InChI=1S/C10H12N4/c11-14-6-13-8-4-3-7-2-1-5-12-9(7)10(8)14/h3-4,6,12H,1-2,5,11H2. The SMILES string of the molecule is Nn1cnc2ccc3c(c21)NCCC3. The minimum absolute atomic E-state index is 0.959. The average molecular weight is 188 g/mol. The normalized spacial score (nSPS) is 15.1. The summed E-state index contributed by atoms with van der Waals surface area (Å²) in [5.41, 5.74) is 4.48. The molecule has 0 amide bonds. The number of nitrogens with two attached hydrogens (primary N) is 1. The van der Waals surface area contributed by atoms with Gasteiger partial charge in [0.25, 0.3) is 0 Å². The molecule has 0 spiro atoms. The second-order valence-corrected chi connectivity index (χ2v) is 3.65. The van der Waals surface area contributed by atoms with Crippen molar-refractivity contribution in [2.24, 2.45) is 0 Å². The molecule has 2 aromatic rings. The zero-order chi connectivity index (χ0) is 9.54. The number of imidazole rings is 1. The number of benzene rings is 1. The van der Waals surface area contributed by atoms with Crippen LogP contribution in [0.4, 0.5) is 5.69 Å². The number of nitrogen functional groups attached to an aromatic ring is 1. The lowest BCUT2D eigenvalue weighted by Crippen LogP contribution is -2.15. The average Bonchev–Trinajstić information content (AvgIpc) is 2.61. The molecule has 2 heterocycles. The van der Waals surface area contributed by atoms with Crippen LogP contribution in [0.3, 0.4) is 0 Å². The van der Waals surface area contributed by atoms with Crippen LogP contribution in [0, 0.1) is 0 Å². The summed E-state index contributed by atoms with van der Waals surface area (Å²) in [7, 11) is 0. The van der Waals surface area contributed by atoms with Crippen LogP contribution in [0.2, 0.25) is 0 Å². The predicted molar refractivity (Wildman–Crippen MR) is 56.7 cm³/mol. The summed E-state index contributed by atoms with van der Waals surface area (Å²) in [5.74, 6) is 5.81. The predicted octanol–water partition coefficient (Wildman–Crippen LogP) is 1.11. The largest absolute Gasteiger partial charge is 0.383 e. The van der Waals surface area contributed by atoms with E-state index >= 15 is 0 Å². The van der Waals surface area contributed by atoms with Gasteiger partial charge in [-0.25, -0.2) is 9.66 Å². The number of rotatable bonds is 0. The lowest BCUT2D eigenvalue weighted by molar-refractivity contribution is 0.831. The first kappa shape index (κ1) is 7.67. The maximum Gasteiger partial charge on any atom is 0.115 e. The molecular formula is C10H12N4. The topological polar surface area (TPSA) is 55.9 Å². The zero-order valence-electron chi connectivity index (χ0n) is 7.83. The van der Waals surface area contributed by atoms with Gasteiger partial charge in [0.15, 0.2) is 0 Å². The van der Waals surface area contributed by atoms with Gasteiger partial charge in [0.2, 0.25) is 0 Å². The number of nitrogens with one attached hydrogen (secondary N) is 1. The molecule has 4 nitrogen and oxygen atoms in total. The molecule has 4 heteroatoms. The Kier molecular flexibility index (Phi) is 1.45. The van der Waals surface area contributed by atoms with Crippen LogP contribution >= 0.6 is 0 Å². The van der Waals surface area contributed by atoms with E-state index in [0.29, 0.717) is 0 Å². The summed E-state index contributed by atoms with van der Waals surface area (Å²) in [6.45, 7) is 1.03. The summed E-state index contributed by atoms with van der Waals surface area (Å²) < 4.78 is 1.59. The fourth-order valence-corrected chi connectivity index (χ4v) is 2.07. The molecule has 1 aromatic heterocycles. The second kappa shape index (κ2) is 2.64. The molecule has 0 aliphatic carbocycles. The van der Waals surface area contributed by atoms with Gasteiger partial charge in [-0.2, -0.15) is 0 Å². The fraction of sp³-hybridized carbons (Fsp3) is 0.300. The van der Waals surface area contributed by atoms with Gasteiger partial charge in [0.05, 0.1) is 11.2 Å². The Hall–Kier alpha value is -1.71. The van der Waals surface area contributed by atoms with E-state index in [1.165, 1.54) is 12.0 Å². The van der Waals surface area contributed by atoms with Crippen molar-refractivity contribution in [1.29, 1.82) is 0 Å². The highest BCUT2D eigenvalue weighted by atomic mass is 15.3. The van der Waals surface area contributed by atoms with Crippen LogP contribution in [0.15, 0.2) is 18.5 Å². The molecule has 72 valence electrons. The van der Waals surface area contributed by atoms with Crippen LogP contribution in [0.5, 0.6) is 0 Å². The first-order valence-corrected chi connectivity index (χ1v) is 4.84. The van der Waals surface area contributed by atoms with E-state index in [1.807, 2.05) is 6.07 Å². The van der Waals surface area contributed by atoms with Crippen molar-refractivity contribution in [1.82, 2.24) is 9.66 Å². The highest BCUT2D eigenvalue weighted by Crippen LogP contribution is 2.29. The molecule has 0 fully saturated rings. The smallest absolute Gasteiger partial charge is 0.115 e. The summed E-state index contributed by atoms with van der Waals surface area (Å²) in [6.07, 6.45) is 3.97. The molecule has 0 unspecified atom stereocenters. The molecule has 0 bridgehead atoms. The third kappa shape index (κ3) is 0.907. The number of aryl methyl sites for hydroxylation is 1. The summed E-state index contributed by atoms with van der Waals surface area (Å²) in [4.78, 5) is 4.22. The van der Waals surface area contributed by atoms with Crippen LogP contribution < -0.4 is 11.2 Å². The molecule has 1 aliphatic rings. The Bertz CT molecular complexity index is 486. The van der Waals surface area contributed by atoms with Crippen LogP contribution in [0.25, 0.3) is 11.0 Å². The van der Waals surface area contributed by atoms with Gasteiger partial charge < -0.3 is 11.2 Å². The number of nitrogens with zero attached hydrogens (tertiary/aromatic N) is 2. The van der Waals surface area contributed by atoms with E-state index in [4.69, 9.17) is 5.84 Å². The first-order chi connectivity index (χ1) is 6.86. The lowest BCUT2D eigenvalue weighted by Gasteiger charge is -2.18. The third-order valence-corrected chi connectivity index (χ3v) is 2.75. The monoisotopic (exact) mass is 188 g/mol. The van der Waals surface area contributed by atoms with E-state index in [1.54, 1.807) is 11.0 Å². The molecule has 0 saturated carbocycles. The Labute approximate surface area is 81.7 Å². The molecule has 3 N–H and O–H groups in total. The zero-order valence-corrected chi connectivity index (χ0v) is 7.83. The van der Waals surface area contributed by atoms with Crippen molar-refractivity contribution in [2.45, 2.75) is 12.8 Å². The van der Waals surface area contributed by atoms with Crippen LogP contribution in [0.1, 0.15) is 12.0 Å². The minimum Gasteiger partial charge on any atom is -0.383 e. The Morgan fingerprint density at radius 3 is 3.29 bits per heavy atom. The number of hydrogen-bond acceptors (Lipinski definition) is 3. The molecule has 0 saturated heterocycles. The van der Waals surface area contributed by atoms with E-state index in [9.17, 15) is 0 Å². The van der Waals surface area contributed by atoms with Gasteiger partial charge in [0, 0.05) is 6.54 Å². The van der Waals surface area contributed by atoms with E-state index in [0.717, 1.165) is 29.7 Å². The molecule has 0 atom stereocenters. The Morgan fingerprint density at radius 1 is 1.43 bits per heavy atom. The van der Waals surface area contributed by atoms with Gasteiger partial charge in [-0.3, -0.25) is 0 Å². The van der Waals surface area contributed by atoms with Crippen molar-refractivity contribution in [3.8, 4) is 0 Å². The van der Waals surface area contributed by atoms with Crippen molar-refractivity contribution >= 4 is 16.7 Å². The fourth-order valence-electron chi connectivity index (χ4n) is 2.07. The van der Waals surface area contributed by atoms with Gasteiger partial charge >= 0.3 is 0 Å².